The van der Waals surface area contributed by atoms with Gasteiger partial charge in [0.15, 0.2) is 0 Å². The molecular weight excluding hydrogens is 360 g/mol. The van der Waals surface area contributed by atoms with Gasteiger partial charge in [0.25, 0.3) is 5.91 Å². The second-order valence-corrected chi connectivity index (χ2v) is 7.11. The summed E-state index contributed by atoms with van der Waals surface area (Å²) in [6, 6.07) is 7.23. The highest BCUT2D eigenvalue weighted by Crippen LogP contribution is 2.32. The third-order valence-electron chi connectivity index (χ3n) is 5.07. The van der Waals surface area contributed by atoms with Crippen molar-refractivity contribution in [1.82, 2.24) is 14.7 Å². The van der Waals surface area contributed by atoms with Crippen molar-refractivity contribution in [2.45, 2.75) is 31.1 Å². The molecule has 0 bridgehead atoms. The van der Waals surface area contributed by atoms with Crippen LogP contribution in [0.3, 0.4) is 0 Å². The predicted molar refractivity (Wildman–Crippen MR) is 101 cm³/mol. The molecule has 1 unspecified atom stereocenters. The number of fused-ring (bicyclic) bond motifs is 1. The van der Waals surface area contributed by atoms with Gasteiger partial charge in [0.1, 0.15) is 11.9 Å². The van der Waals surface area contributed by atoms with Crippen molar-refractivity contribution in [3.63, 3.8) is 0 Å². The lowest BCUT2D eigenvalue weighted by Crippen LogP contribution is -2.37. The Kier molecular flexibility index (Phi) is 4.59. The van der Waals surface area contributed by atoms with Gasteiger partial charge in [0, 0.05) is 31.1 Å². The third kappa shape index (κ3) is 3.14. The number of ether oxygens (including phenoxy) is 1. The summed E-state index contributed by atoms with van der Waals surface area (Å²) in [4.78, 5) is 13.5. The molecule has 2 aromatic rings. The average molecular weight is 382 g/mol. The molecule has 3 heterocycles. The normalized spacial score (nSPS) is 22.3. The van der Waals surface area contributed by atoms with Crippen LogP contribution < -0.4 is 10.5 Å². The second kappa shape index (κ2) is 6.95. The molecule has 8 nitrogen and oxygen atoms in total. The largest absolute Gasteiger partial charge is 0.477 e. The Morgan fingerprint density at radius 1 is 1.43 bits per heavy atom. The molecule has 4 rings (SSSR count). The number of nitrogens with two attached hydrogens (primary N) is 1. The van der Waals surface area contributed by atoms with Crippen molar-refractivity contribution in [3.8, 4) is 23.4 Å². The van der Waals surface area contributed by atoms with E-state index in [1.54, 1.807) is 29.9 Å². The number of benzene rings is 1. The van der Waals surface area contributed by atoms with Gasteiger partial charge < -0.3 is 25.6 Å². The van der Waals surface area contributed by atoms with E-state index >= 15 is 0 Å². The van der Waals surface area contributed by atoms with Crippen LogP contribution in [0.1, 0.15) is 35.9 Å². The topological polar surface area (TPSA) is 114 Å². The molecule has 28 heavy (non-hydrogen) atoms. The minimum absolute atomic E-state index is 0.285. The number of aliphatic hydroxyl groups is 2. The number of carbonyl (C=O) groups excluding carboxylic acids is 1. The van der Waals surface area contributed by atoms with Crippen molar-refractivity contribution >= 4 is 5.91 Å². The first-order valence-electron chi connectivity index (χ1n) is 9.19. The molecule has 0 aliphatic carbocycles. The fourth-order valence-corrected chi connectivity index (χ4v) is 3.53. The number of aliphatic hydroxyl groups excluding tert-OH is 1. The summed E-state index contributed by atoms with van der Waals surface area (Å²) in [5.74, 6) is 5.80. The summed E-state index contributed by atoms with van der Waals surface area (Å²) in [7, 11) is 1.65. The summed E-state index contributed by atoms with van der Waals surface area (Å²) >= 11 is 0. The van der Waals surface area contributed by atoms with Crippen molar-refractivity contribution in [2.24, 2.45) is 5.73 Å². The number of aromatic nitrogens is 2. The highest BCUT2D eigenvalue weighted by Gasteiger charge is 2.42. The molecule has 4 N–H and O–H groups in total. The first kappa shape index (κ1) is 18.5. The van der Waals surface area contributed by atoms with E-state index in [1.165, 1.54) is 4.90 Å². The summed E-state index contributed by atoms with van der Waals surface area (Å²) < 4.78 is 7.38. The number of hydrogen-bond donors (Lipinski definition) is 3. The molecule has 0 saturated carbocycles. The number of amides is 1. The van der Waals surface area contributed by atoms with Crippen LogP contribution >= 0.6 is 0 Å². The van der Waals surface area contributed by atoms with Crippen molar-refractivity contribution < 1.29 is 19.7 Å². The molecule has 1 fully saturated rings. The van der Waals surface area contributed by atoms with E-state index in [-0.39, 0.29) is 12.3 Å². The van der Waals surface area contributed by atoms with Crippen molar-refractivity contribution in [1.29, 1.82) is 0 Å². The smallest absolute Gasteiger partial charge is 0.267 e. The molecule has 1 saturated heterocycles. The molecule has 146 valence electrons. The van der Waals surface area contributed by atoms with E-state index in [9.17, 15) is 15.0 Å². The van der Waals surface area contributed by atoms with Crippen molar-refractivity contribution in [3.05, 3.63) is 41.1 Å². The lowest BCUT2D eigenvalue weighted by Gasteiger charge is -2.16. The highest BCUT2D eigenvalue weighted by atomic mass is 16.5. The van der Waals surface area contributed by atoms with Gasteiger partial charge in [-0.2, -0.15) is 5.10 Å². The Labute approximate surface area is 162 Å². The Morgan fingerprint density at radius 2 is 2.25 bits per heavy atom. The number of hydrogen-bond acceptors (Lipinski definition) is 6. The number of likely N-dealkylation sites (tertiary alicyclic amines) is 1. The summed E-state index contributed by atoms with van der Waals surface area (Å²) in [6.45, 7) is 1.05. The molecule has 2 aliphatic rings. The number of rotatable bonds is 2. The molecule has 1 amide bonds. The van der Waals surface area contributed by atoms with Gasteiger partial charge in [-0.25, -0.2) is 4.68 Å². The van der Waals surface area contributed by atoms with Gasteiger partial charge in [-0.15, -0.1) is 0 Å². The van der Waals surface area contributed by atoms with Crippen LogP contribution in [0, 0.1) is 11.8 Å². The van der Waals surface area contributed by atoms with E-state index in [0.717, 1.165) is 18.4 Å². The van der Waals surface area contributed by atoms with Gasteiger partial charge >= 0.3 is 0 Å². The maximum atomic E-state index is 12.1. The Balaban J connectivity index is 1.70. The van der Waals surface area contributed by atoms with E-state index < -0.39 is 11.8 Å². The first-order valence-corrected chi connectivity index (χ1v) is 9.19. The number of carbonyl (C=O) groups is 1. The molecule has 0 spiro atoms. The monoisotopic (exact) mass is 382 g/mol. The zero-order valence-corrected chi connectivity index (χ0v) is 15.6. The molecule has 0 radical (unpaired) electrons. The van der Waals surface area contributed by atoms with Crippen LogP contribution in [0.5, 0.6) is 5.88 Å². The lowest BCUT2D eigenvalue weighted by atomic mass is 10.0. The molecule has 1 aromatic carbocycles. The van der Waals surface area contributed by atoms with Crippen LogP contribution in [0.25, 0.3) is 5.69 Å². The highest BCUT2D eigenvalue weighted by molar-refractivity contribution is 5.90. The molecule has 1 aromatic heterocycles. The fourth-order valence-electron chi connectivity index (χ4n) is 3.53. The third-order valence-corrected chi connectivity index (χ3v) is 5.07. The van der Waals surface area contributed by atoms with E-state index in [4.69, 9.17) is 10.5 Å². The van der Waals surface area contributed by atoms with E-state index in [1.807, 2.05) is 6.07 Å². The standard InChI is InChI=1S/C20H22N4O4/c1-23-10-9-20(27,19(23)26)8-7-13-4-2-5-14(12-13)24-18-15(6-3-11-28-18)16(22-24)17(21)25/h2,4-5,12,17,25,27H,3,6,9-11,21H2,1H3/t17?,20-/m0/s1. The maximum absolute atomic E-state index is 12.1. The quantitative estimate of drug-likeness (QED) is 0.501. The SMILES string of the molecule is CN1CC[C@@](O)(C#Cc2cccc(-n3nc(C(N)O)c4c3OCCC4)c2)C1=O. The zero-order valence-electron chi connectivity index (χ0n) is 15.6. The summed E-state index contributed by atoms with van der Waals surface area (Å²) in [5, 5.41) is 24.7. The Morgan fingerprint density at radius 3 is 2.96 bits per heavy atom. The van der Waals surface area contributed by atoms with Crippen molar-refractivity contribution in [2.75, 3.05) is 20.2 Å². The summed E-state index contributed by atoms with van der Waals surface area (Å²) in [6.07, 6.45) is 0.679. The van der Waals surface area contributed by atoms with Crippen LogP contribution in [-0.4, -0.2) is 56.6 Å². The van der Waals surface area contributed by atoms with Gasteiger partial charge in [0.2, 0.25) is 11.5 Å². The minimum Gasteiger partial charge on any atom is -0.477 e. The molecule has 8 heteroatoms. The maximum Gasteiger partial charge on any atom is 0.267 e. The minimum atomic E-state index is -1.64. The molecule has 2 atom stereocenters. The second-order valence-electron chi connectivity index (χ2n) is 7.11. The number of nitrogens with zero attached hydrogens (tertiary/aromatic N) is 3. The van der Waals surface area contributed by atoms with Crippen LogP contribution in [0.4, 0.5) is 0 Å². The fraction of sp³-hybridized carbons (Fsp3) is 0.400. The van der Waals surface area contributed by atoms with Gasteiger partial charge in [0.05, 0.1) is 12.3 Å². The predicted octanol–water partition coefficient (Wildman–Crippen LogP) is 0.0916. The van der Waals surface area contributed by atoms with E-state index in [2.05, 4.69) is 16.9 Å². The Bertz CT molecular complexity index is 988. The number of likely N-dealkylation sites (N-methyl/N-ethyl adjacent to an activating group) is 1. The van der Waals surface area contributed by atoms with Gasteiger partial charge in [-0.1, -0.05) is 17.9 Å². The van der Waals surface area contributed by atoms with Gasteiger partial charge in [-0.05, 0) is 31.0 Å². The Hall–Kier alpha value is -2.86. The lowest BCUT2D eigenvalue weighted by molar-refractivity contribution is -0.137. The van der Waals surface area contributed by atoms with E-state index in [0.29, 0.717) is 36.0 Å². The average Bonchev–Trinajstić information content (AvgIpc) is 3.21. The summed E-state index contributed by atoms with van der Waals surface area (Å²) in [5.41, 5.74) is 6.55. The first-order chi connectivity index (χ1) is 13.4. The van der Waals surface area contributed by atoms with Gasteiger partial charge in [-0.3, -0.25) is 4.79 Å². The van der Waals surface area contributed by atoms with Crippen LogP contribution in [-0.2, 0) is 11.2 Å². The zero-order chi connectivity index (χ0) is 19.9. The van der Waals surface area contributed by atoms with Crippen LogP contribution in [0.2, 0.25) is 0 Å². The molecular formula is C20H22N4O4. The van der Waals surface area contributed by atoms with Crippen LogP contribution in [0.15, 0.2) is 24.3 Å². The molecule has 2 aliphatic heterocycles.